The van der Waals surface area contributed by atoms with E-state index in [0.717, 1.165) is 11.4 Å². The van der Waals surface area contributed by atoms with Gasteiger partial charge in [-0.2, -0.15) is 0 Å². The third-order valence-corrected chi connectivity index (χ3v) is 3.87. The standard InChI is InChI=1S/C14H15ClN2OS/c1-17(9-11-5-4-8-19-11)10-14(18)16-13-7-3-2-6-12(13)15/h2-8H,9-10H2,1H3,(H,16,18)/p+1. The van der Waals surface area contributed by atoms with Crippen molar-refractivity contribution >= 4 is 34.5 Å². The number of thiophene rings is 1. The molecule has 2 N–H and O–H groups in total. The Bertz CT molecular complexity index is 542. The average Bonchev–Trinajstić information content (AvgIpc) is 2.84. The molecule has 0 aliphatic rings. The van der Waals surface area contributed by atoms with Crippen molar-refractivity contribution in [2.45, 2.75) is 6.54 Å². The second-order valence-electron chi connectivity index (χ2n) is 4.42. The van der Waals surface area contributed by atoms with Crippen molar-refractivity contribution < 1.29 is 9.69 Å². The highest BCUT2D eigenvalue weighted by molar-refractivity contribution is 7.09. The number of hydrogen-bond acceptors (Lipinski definition) is 2. The summed E-state index contributed by atoms with van der Waals surface area (Å²) < 4.78 is 0. The molecule has 3 nitrogen and oxygen atoms in total. The molecule has 0 saturated heterocycles. The van der Waals surface area contributed by atoms with Crippen LogP contribution in [0.4, 0.5) is 5.69 Å². The van der Waals surface area contributed by atoms with E-state index in [9.17, 15) is 4.79 Å². The highest BCUT2D eigenvalue weighted by Crippen LogP contribution is 2.19. The summed E-state index contributed by atoms with van der Waals surface area (Å²) in [7, 11) is 2.01. The number of quaternary nitrogens is 1. The predicted molar refractivity (Wildman–Crippen MR) is 79.9 cm³/mol. The Balaban J connectivity index is 1.86. The summed E-state index contributed by atoms with van der Waals surface area (Å²) in [6.07, 6.45) is 0. The summed E-state index contributed by atoms with van der Waals surface area (Å²) in [5, 5.41) is 5.44. The smallest absolute Gasteiger partial charge is 0.279 e. The van der Waals surface area contributed by atoms with E-state index >= 15 is 0 Å². The van der Waals surface area contributed by atoms with E-state index in [2.05, 4.69) is 11.4 Å². The first-order valence-electron chi connectivity index (χ1n) is 6.03. The molecule has 2 rings (SSSR count). The quantitative estimate of drug-likeness (QED) is 0.870. The van der Waals surface area contributed by atoms with Crippen LogP contribution >= 0.6 is 22.9 Å². The summed E-state index contributed by atoms with van der Waals surface area (Å²) in [4.78, 5) is 14.3. The van der Waals surface area contributed by atoms with Crippen LogP contribution in [0, 0.1) is 0 Å². The Morgan fingerprint density at radius 3 is 2.79 bits per heavy atom. The molecule has 0 aliphatic carbocycles. The lowest BCUT2D eigenvalue weighted by molar-refractivity contribution is -0.884. The molecule has 0 spiro atoms. The number of carbonyl (C=O) groups excluding carboxylic acids is 1. The van der Waals surface area contributed by atoms with E-state index in [0.29, 0.717) is 17.3 Å². The molecular weight excluding hydrogens is 280 g/mol. The Kier molecular flexibility index (Phi) is 4.96. The van der Waals surface area contributed by atoms with Gasteiger partial charge < -0.3 is 10.2 Å². The second kappa shape index (κ2) is 6.70. The third kappa shape index (κ3) is 4.35. The number of rotatable bonds is 5. The van der Waals surface area contributed by atoms with Gasteiger partial charge in [-0.1, -0.05) is 29.8 Å². The van der Waals surface area contributed by atoms with Gasteiger partial charge in [0.2, 0.25) is 0 Å². The van der Waals surface area contributed by atoms with Crippen LogP contribution in [0.2, 0.25) is 5.02 Å². The van der Waals surface area contributed by atoms with Gasteiger partial charge in [0.25, 0.3) is 5.91 Å². The fourth-order valence-corrected chi connectivity index (χ4v) is 2.81. The number of amides is 1. The SMILES string of the molecule is C[NH+](CC(=O)Nc1ccccc1Cl)Cc1cccs1. The van der Waals surface area contributed by atoms with Crippen molar-refractivity contribution in [3.63, 3.8) is 0 Å². The lowest BCUT2D eigenvalue weighted by atomic mass is 10.3. The first-order chi connectivity index (χ1) is 9.15. The Morgan fingerprint density at radius 1 is 1.32 bits per heavy atom. The average molecular weight is 296 g/mol. The van der Waals surface area contributed by atoms with Gasteiger partial charge in [0.1, 0.15) is 6.54 Å². The normalized spacial score (nSPS) is 12.1. The van der Waals surface area contributed by atoms with E-state index in [4.69, 9.17) is 11.6 Å². The summed E-state index contributed by atoms with van der Waals surface area (Å²) in [6.45, 7) is 1.27. The van der Waals surface area contributed by atoms with Crippen LogP contribution in [0.5, 0.6) is 0 Å². The van der Waals surface area contributed by atoms with Crippen LogP contribution in [-0.4, -0.2) is 19.5 Å². The maximum atomic E-state index is 11.9. The zero-order valence-electron chi connectivity index (χ0n) is 10.7. The van der Waals surface area contributed by atoms with Crippen molar-refractivity contribution in [1.82, 2.24) is 0 Å². The lowest BCUT2D eigenvalue weighted by Gasteiger charge is -2.13. The molecule has 0 radical (unpaired) electrons. The van der Waals surface area contributed by atoms with Gasteiger partial charge in [-0.25, -0.2) is 0 Å². The van der Waals surface area contributed by atoms with Crippen LogP contribution in [-0.2, 0) is 11.3 Å². The molecule has 1 aromatic carbocycles. The van der Waals surface area contributed by atoms with Crippen molar-refractivity contribution in [3.8, 4) is 0 Å². The summed E-state index contributed by atoms with van der Waals surface area (Å²) in [5.41, 5.74) is 0.665. The predicted octanol–water partition coefficient (Wildman–Crippen LogP) is 2.05. The fourth-order valence-electron chi connectivity index (χ4n) is 1.80. The molecule has 0 saturated carbocycles. The van der Waals surface area contributed by atoms with Crippen molar-refractivity contribution in [2.75, 3.05) is 18.9 Å². The fraction of sp³-hybridized carbons (Fsp3) is 0.214. The largest absolute Gasteiger partial charge is 0.325 e. The molecule has 100 valence electrons. The van der Waals surface area contributed by atoms with Gasteiger partial charge in [0.15, 0.2) is 6.54 Å². The highest BCUT2D eigenvalue weighted by atomic mass is 35.5. The van der Waals surface area contributed by atoms with Crippen LogP contribution in [0.25, 0.3) is 0 Å². The number of hydrogen-bond donors (Lipinski definition) is 2. The minimum absolute atomic E-state index is 0.0258. The molecule has 2 aromatic rings. The van der Waals surface area contributed by atoms with Gasteiger partial charge in [-0.05, 0) is 23.6 Å². The molecule has 1 atom stereocenters. The zero-order chi connectivity index (χ0) is 13.7. The second-order valence-corrected chi connectivity index (χ2v) is 5.86. The monoisotopic (exact) mass is 295 g/mol. The number of nitrogens with one attached hydrogen (secondary N) is 2. The van der Waals surface area contributed by atoms with Crippen LogP contribution in [0.15, 0.2) is 41.8 Å². The molecule has 1 amide bonds. The van der Waals surface area contributed by atoms with Gasteiger partial charge >= 0.3 is 0 Å². The van der Waals surface area contributed by atoms with E-state index in [1.807, 2.05) is 30.6 Å². The third-order valence-electron chi connectivity index (χ3n) is 2.67. The Morgan fingerprint density at radius 2 is 2.11 bits per heavy atom. The maximum Gasteiger partial charge on any atom is 0.279 e. The van der Waals surface area contributed by atoms with Crippen molar-refractivity contribution in [3.05, 3.63) is 51.7 Å². The molecule has 0 fully saturated rings. The molecule has 1 unspecified atom stereocenters. The Hall–Kier alpha value is -1.36. The Labute approximate surface area is 121 Å². The van der Waals surface area contributed by atoms with Crippen molar-refractivity contribution in [1.29, 1.82) is 0 Å². The minimum atomic E-state index is -0.0258. The topological polar surface area (TPSA) is 33.5 Å². The number of anilines is 1. The van der Waals surface area contributed by atoms with Crippen LogP contribution < -0.4 is 10.2 Å². The van der Waals surface area contributed by atoms with Crippen LogP contribution in [0.1, 0.15) is 4.88 Å². The zero-order valence-corrected chi connectivity index (χ0v) is 12.2. The first kappa shape index (κ1) is 14.1. The molecular formula is C14H16ClN2OS+. The van der Waals surface area contributed by atoms with E-state index in [1.54, 1.807) is 23.5 Å². The molecule has 19 heavy (non-hydrogen) atoms. The van der Waals surface area contributed by atoms with Crippen molar-refractivity contribution in [2.24, 2.45) is 0 Å². The summed E-state index contributed by atoms with van der Waals surface area (Å²) in [6, 6.07) is 11.4. The molecule has 1 heterocycles. The highest BCUT2D eigenvalue weighted by Gasteiger charge is 2.12. The van der Waals surface area contributed by atoms with Gasteiger partial charge in [0.05, 0.1) is 22.6 Å². The van der Waals surface area contributed by atoms with E-state index < -0.39 is 0 Å². The van der Waals surface area contributed by atoms with Crippen LogP contribution in [0.3, 0.4) is 0 Å². The lowest BCUT2D eigenvalue weighted by Crippen LogP contribution is -3.08. The first-order valence-corrected chi connectivity index (χ1v) is 7.29. The summed E-state index contributed by atoms with van der Waals surface area (Å²) >= 11 is 7.71. The minimum Gasteiger partial charge on any atom is -0.325 e. The summed E-state index contributed by atoms with van der Waals surface area (Å²) in [5.74, 6) is -0.0258. The van der Waals surface area contributed by atoms with Gasteiger partial charge in [-0.3, -0.25) is 4.79 Å². The molecule has 1 aromatic heterocycles. The number of benzene rings is 1. The number of para-hydroxylation sites is 1. The number of carbonyl (C=O) groups is 1. The van der Waals surface area contributed by atoms with E-state index in [-0.39, 0.29) is 5.91 Å². The van der Waals surface area contributed by atoms with Gasteiger partial charge in [0, 0.05) is 0 Å². The number of likely N-dealkylation sites (N-methyl/N-ethyl adjacent to an activating group) is 1. The molecule has 0 bridgehead atoms. The molecule has 0 aliphatic heterocycles. The van der Waals surface area contributed by atoms with Gasteiger partial charge in [-0.15, -0.1) is 11.3 Å². The van der Waals surface area contributed by atoms with E-state index in [1.165, 1.54) is 4.88 Å². The maximum absolute atomic E-state index is 11.9. The number of halogens is 1. The molecule has 5 heteroatoms.